The zero-order chi connectivity index (χ0) is 64.3. The first-order valence-electron chi connectivity index (χ1n) is 33.3. The zero-order valence-corrected chi connectivity index (χ0v) is 55.0. The molecule has 19 rings (SSSR count). The van der Waals surface area contributed by atoms with Crippen LogP contribution >= 0.6 is 11.3 Å². The third-order valence-corrected chi connectivity index (χ3v) is 21.5. The van der Waals surface area contributed by atoms with Crippen molar-refractivity contribution in [2.45, 2.75) is 52.4 Å². The molecule has 3 aromatic heterocycles. The molecular formula is C88H65BN4O2S. The van der Waals surface area contributed by atoms with Gasteiger partial charge < -0.3 is 28.4 Å². The maximum absolute atomic E-state index is 7.07. The lowest BCUT2D eigenvalue weighted by molar-refractivity contribution is 0.590. The van der Waals surface area contributed by atoms with Gasteiger partial charge in [-0.15, -0.1) is 11.3 Å². The number of para-hydroxylation sites is 5. The van der Waals surface area contributed by atoms with Gasteiger partial charge in [-0.25, -0.2) is 0 Å². The van der Waals surface area contributed by atoms with Gasteiger partial charge in [0.25, 0.3) is 6.71 Å². The number of rotatable bonds is 8. The van der Waals surface area contributed by atoms with E-state index < -0.39 is 0 Å². The fraction of sp³-hybridized carbons (Fsp3) is 0.0909. The number of anilines is 12. The highest BCUT2D eigenvalue weighted by Gasteiger charge is 2.46. The van der Waals surface area contributed by atoms with E-state index >= 15 is 0 Å². The Bertz CT molecular complexity index is 6030. The number of nitrogens with zero attached hydrogens (tertiary/aromatic N) is 4. The molecule has 0 unspecified atom stereocenters. The van der Waals surface area contributed by atoms with Crippen molar-refractivity contribution in [3.8, 4) is 0 Å². The van der Waals surface area contributed by atoms with E-state index in [1.807, 2.05) is 11.3 Å². The van der Waals surface area contributed by atoms with Crippen LogP contribution in [0.25, 0.3) is 85.6 Å². The summed E-state index contributed by atoms with van der Waals surface area (Å²) in [6.07, 6.45) is 0. The second-order valence-electron chi connectivity index (χ2n) is 28.0. The van der Waals surface area contributed by atoms with Crippen molar-refractivity contribution < 1.29 is 8.83 Å². The normalized spacial score (nSPS) is 13.0. The lowest BCUT2D eigenvalue weighted by Crippen LogP contribution is -2.61. The van der Waals surface area contributed by atoms with E-state index in [2.05, 4.69) is 346 Å². The van der Waals surface area contributed by atoms with Gasteiger partial charge in [0.05, 0.1) is 17.1 Å². The smallest absolute Gasteiger partial charge is 0.254 e. The van der Waals surface area contributed by atoms with Crippen molar-refractivity contribution in [2.75, 3.05) is 19.6 Å². The molecule has 0 spiro atoms. The fourth-order valence-corrected chi connectivity index (χ4v) is 16.9. The van der Waals surface area contributed by atoms with Crippen LogP contribution in [0.15, 0.2) is 294 Å². The highest BCUT2D eigenvalue weighted by molar-refractivity contribution is 7.28. The summed E-state index contributed by atoms with van der Waals surface area (Å²) in [6, 6.07) is 106. The summed E-state index contributed by atoms with van der Waals surface area (Å²) in [5, 5.41) is 11.6. The molecule has 0 fully saturated rings. The number of furan rings is 2. The molecule has 0 saturated heterocycles. The van der Waals surface area contributed by atoms with Crippen LogP contribution in [0.3, 0.4) is 0 Å². The molecule has 2 aliphatic rings. The first-order chi connectivity index (χ1) is 46.9. The summed E-state index contributed by atoms with van der Waals surface area (Å²) >= 11 is 1.91. The minimum atomic E-state index is -0.224. The van der Waals surface area contributed by atoms with Crippen molar-refractivity contribution in [3.63, 3.8) is 0 Å². The molecule has 2 aliphatic heterocycles. The molecule has 0 radical (unpaired) electrons. The van der Waals surface area contributed by atoms with Crippen molar-refractivity contribution >= 4 is 188 Å². The van der Waals surface area contributed by atoms with E-state index in [-0.39, 0.29) is 17.5 Å². The minimum absolute atomic E-state index is 0.0535. The summed E-state index contributed by atoms with van der Waals surface area (Å²) in [7, 11) is 0. The van der Waals surface area contributed by atoms with Gasteiger partial charge >= 0.3 is 0 Å². The molecule has 6 nitrogen and oxygen atoms in total. The van der Waals surface area contributed by atoms with Gasteiger partial charge in [-0.05, 0) is 174 Å². The molecule has 17 aromatic rings. The Morgan fingerprint density at radius 3 is 1.45 bits per heavy atom. The van der Waals surface area contributed by atoms with Crippen molar-refractivity contribution in [1.29, 1.82) is 0 Å². The Morgan fingerprint density at radius 1 is 0.333 bits per heavy atom. The number of hydrogen-bond donors (Lipinski definition) is 0. The number of benzene rings is 14. The topological polar surface area (TPSA) is 39.2 Å². The molecule has 0 atom stereocenters. The molecular weight excluding hydrogens is 1190 g/mol. The van der Waals surface area contributed by atoms with E-state index in [4.69, 9.17) is 8.83 Å². The maximum atomic E-state index is 7.07. The highest BCUT2D eigenvalue weighted by atomic mass is 32.1. The lowest BCUT2D eigenvalue weighted by Gasteiger charge is -2.45. The molecule has 0 N–H and O–H groups in total. The van der Waals surface area contributed by atoms with Crippen molar-refractivity contribution in [3.05, 3.63) is 296 Å². The van der Waals surface area contributed by atoms with Gasteiger partial charge in [0.15, 0.2) is 11.2 Å². The van der Waals surface area contributed by atoms with Gasteiger partial charge in [0, 0.05) is 87.5 Å². The van der Waals surface area contributed by atoms with Crippen molar-refractivity contribution in [2.24, 2.45) is 0 Å². The van der Waals surface area contributed by atoms with Crippen molar-refractivity contribution in [1.82, 2.24) is 0 Å². The van der Waals surface area contributed by atoms with Gasteiger partial charge in [-0.2, -0.15) is 0 Å². The summed E-state index contributed by atoms with van der Waals surface area (Å²) in [5.41, 5.74) is 22.0. The van der Waals surface area contributed by atoms with Gasteiger partial charge in [0.1, 0.15) is 11.2 Å². The standard InChI is InChI=1S/C88H65BN4O2S/c1-87(2,3)56-37-42-59(43-38-56)92-73-49-47-70-67-26-14-17-33-81(67)96-86(70)83(73)89-72-48-46-62(91(75-30-19-28-69-66-25-13-16-32-80(66)95-85(69)75)61-41-36-55-35-34-54-20-10-11-23-64(54)71(55)50-61)51-76(72)93(60-44-39-57(40-45-60)88(4,5)6)78-53-63(52-77(92)82(78)89)90(58-21-8-7-9-22-58)74-29-18-27-68-65-24-12-15-31-79(65)94-84(68)74/h7-53H,1-6H3. The van der Waals surface area contributed by atoms with E-state index in [0.29, 0.717) is 0 Å². The number of thiophene rings is 1. The Morgan fingerprint density at radius 2 is 0.823 bits per heavy atom. The van der Waals surface area contributed by atoms with Gasteiger partial charge in [-0.1, -0.05) is 217 Å². The second-order valence-corrected chi connectivity index (χ2v) is 29.1. The number of fused-ring (bicyclic) bond motifs is 17. The fourth-order valence-electron chi connectivity index (χ4n) is 15.7. The third-order valence-electron chi connectivity index (χ3n) is 20.3. The molecule has 458 valence electrons. The van der Waals surface area contributed by atoms with E-state index in [9.17, 15) is 0 Å². The van der Waals surface area contributed by atoms with Gasteiger partial charge in [0.2, 0.25) is 0 Å². The molecule has 0 bridgehead atoms. The average molecular weight is 1250 g/mol. The predicted molar refractivity (Wildman–Crippen MR) is 410 cm³/mol. The molecule has 0 saturated carbocycles. The average Bonchev–Trinajstić information content (AvgIpc) is 0.957. The third kappa shape index (κ3) is 8.64. The maximum Gasteiger partial charge on any atom is 0.254 e. The second kappa shape index (κ2) is 21.1. The van der Waals surface area contributed by atoms with Crippen LogP contribution in [-0.2, 0) is 10.8 Å². The van der Waals surface area contributed by atoms with Crippen LogP contribution in [0.4, 0.5) is 68.2 Å². The first-order valence-corrected chi connectivity index (χ1v) is 34.1. The van der Waals surface area contributed by atoms with Crippen LogP contribution in [-0.4, -0.2) is 6.71 Å². The van der Waals surface area contributed by atoms with Gasteiger partial charge in [-0.3, -0.25) is 0 Å². The van der Waals surface area contributed by atoms with E-state index in [1.54, 1.807) is 0 Å². The van der Waals surface area contributed by atoms with E-state index in [0.717, 1.165) is 112 Å². The highest BCUT2D eigenvalue weighted by Crippen LogP contribution is 2.53. The molecule has 8 heteroatoms. The molecule has 14 aromatic carbocycles. The summed E-state index contributed by atoms with van der Waals surface area (Å²) in [4.78, 5) is 10.0. The molecule has 96 heavy (non-hydrogen) atoms. The Kier molecular flexibility index (Phi) is 12.4. The Balaban J connectivity index is 0.947. The molecule has 0 amide bonds. The SMILES string of the molecule is CC(C)(C)c1ccc(N2c3cc(N(c4ccc5ccc6ccccc6c5c4)c4cccc5c4oc4ccccc45)ccc3B3c4c2cc(N(c2ccccc2)c2cccc5c2oc2ccccc25)cc4N(c2ccc(C(C)(C)C)cc2)c2ccc4c(sc5ccccc54)c23)cc1. The Labute approximate surface area is 561 Å². The predicted octanol–water partition coefficient (Wildman–Crippen LogP) is 23.8. The molecule has 0 aliphatic carbocycles. The minimum Gasteiger partial charge on any atom is -0.454 e. The van der Waals surface area contributed by atoms with Crippen LogP contribution in [0.5, 0.6) is 0 Å². The largest absolute Gasteiger partial charge is 0.454 e. The summed E-state index contributed by atoms with van der Waals surface area (Å²) in [6.45, 7) is 13.6. The number of hydrogen-bond acceptors (Lipinski definition) is 7. The summed E-state index contributed by atoms with van der Waals surface area (Å²) in [5.74, 6) is 0. The Hall–Kier alpha value is -11.3. The van der Waals surface area contributed by atoms with Crippen LogP contribution < -0.4 is 36.0 Å². The zero-order valence-electron chi connectivity index (χ0n) is 54.2. The quantitative estimate of drug-likeness (QED) is 0.112. The van der Waals surface area contributed by atoms with Crippen LogP contribution in [0.1, 0.15) is 52.7 Å². The van der Waals surface area contributed by atoms with Crippen LogP contribution in [0, 0.1) is 0 Å². The van der Waals surface area contributed by atoms with Crippen LogP contribution in [0.2, 0.25) is 0 Å². The monoisotopic (exact) mass is 1250 g/mol. The first kappa shape index (κ1) is 56.2. The van der Waals surface area contributed by atoms with E-state index in [1.165, 1.54) is 69.2 Å². The summed E-state index contributed by atoms with van der Waals surface area (Å²) < 4.78 is 16.7. The molecule has 5 heterocycles. The lowest BCUT2D eigenvalue weighted by atomic mass is 9.33.